The Morgan fingerprint density at radius 2 is 1.57 bits per heavy atom. The fraction of sp³-hybridized carbons (Fsp3) is 0.105. The van der Waals surface area contributed by atoms with Gasteiger partial charge in [-0.3, -0.25) is 0 Å². The Bertz CT molecular complexity index is 1000. The molecule has 1 heterocycles. The van der Waals surface area contributed by atoms with Crippen LogP contribution < -0.4 is 10.4 Å². The Hall–Kier alpha value is -2.64. The summed E-state index contributed by atoms with van der Waals surface area (Å²) in [4.78, 5) is 6.40. The number of hydrogen-bond donors (Lipinski definition) is 1. The summed E-state index contributed by atoms with van der Waals surface area (Å²) in [5.41, 5.74) is 3.58. The first-order chi connectivity index (χ1) is 13.2. The lowest BCUT2D eigenvalue weighted by Gasteiger charge is -2.06. The first-order valence-corrected chi connectivity index (χ1v) is 8.82. The van der Waals surface area contributed by atoms with Crippen molar-refractivity contribution >= 4 is 34.9 Å². The molecule has 3 aromatic rings. The molecule has 3 rings (SSSR count). The molecule has 9 heteroatoms. The van der Waals surface area contributed by atoms with Gasteiger partial charge in [-0.25, -0.2) is 4.98 Å². The number of nitrogens with one attached hydrogen (secondary N) is 2. The highest BCUT2D eigenvalue weighted by Crippen LogP contribution is 2.30. The zero-order valence-electron chi connectivity index (χ0n) is 14.5. The summed E-state index contributed by atoms with van der Waals surface area (Å²) < 4.78 is 39.8. The van der Waals surface area contributed by atoms with E-state index in [0.717, 1.165) is 11.6 Å². The fourth-order valence-corrected chi connectivity index (χ4v) is 2.61. The molecule has 0 spiro atoms. The van der Waals surface area contributed by atoms with Gasteiger partial charge >= 0.3 is 12.1 Å². The van der Waals surface area contributed by atoms with Crippen molar-refractivity contribution in [3.05, 3.63) is 75.9 Å². The second-order valence-corrected chi connectivity index (χ2v) is 6.72. The number of benzene rings is 2. The number of H-pyrrole nitrogens is 1. The van der Waals surface area contributed by atoms with E-state index in [9.17, 15) is 13.2 Å². The lowest BCUT2D eigenvalue weighted by atomic mass is 10.1. The quantitative estimate of drug-likeness (QED) is 0.428. The third-order valence-electron chi connectivity index (χ3n) is 3.80. The predicted octanol–water partition coefficient (Wildman–Crippen LogP) is 5.72. The first-order valence-electron chi connectivity index (χ1n) is 8.06. The number of rotatable bonds is 4. The Morgan fingerprint density at radius 1 is 1.00 bits per heavy atom. The summed E-state index contributed by atoms with van der Waals surface area (Å²) >= 11 is 11.7. The molecule has 4 nitrogen and oxygen atoms in total. The van der Waals surface area contributed by atoms with Crippen LogP contribution in [0.25, 0.3) is 11.3 Å². The Kier molecular flexibility index (Phi) is 5.86. The van der Waals surface area contributed by atoms with E-state index in [0.29, 0.717) is 21.3 Å². The van der Waals surface area contributed by atoms with Gasteiger partial charge in [0.05, 0.1) is 5.71 Å². The van der Waals surface area contributed by atoms with E-state index >= 15 is 0 Å². The van der Waals surface area contributed by atoms with Crippen LogP contribution >= 0.6 is 23.2 Å². The molecule has 0 saturated carbocycles. The van der Waals surface area contributed by atoms with Crippen LogP contribution in [0.1, 0.15) is 18.2 Å². The lowest BCUT2D eigenvalue weighted by molar-refractivity contribution is -0.353. The van der Waals surface area contributed by atoms with Crippen molar-refractivity contribution in [1.82, 2.24) is 4.98 Å². The summed E-state index contributed by atoms with van der Waals surface area (Å²) in [7, 11) is 0. The van der Waals surface area contributed by atoms with Crippen molar-refractivity contribution in [2.45, 2.75) is 13.1 Å². The highest BCUT2D eigenvalue weighted by Gasteiger charge is 2.37. The monoisotopic (exact) mass is 425 g/mol. The van der Waals surface area contributed by atoms with Crippen LogP contribution in [0.2, 0.25) is 10.0 Å². The number of aromatic nitrogens is 2. The van der Waals surface area contributed by atoms with E-state index in [1.54, 1.807) is 55.5 Å². The van der Waals surface area contributed by atoms with E-state index in [2.05, 4.69) is 20.5 Å². The average molecular weight is 426 g/mol. The van der Waals surface area contributed by atoms with Crippen LogP contribution in [0.3, 0.4) is 0 Å². The largest absolute Gasteiger partial charge is 0.449 e. The van der Waals surface area contributed by atoms with Gasteiger partial charge < -0.3 is 0 Å². The number of halogens is 5. The molecule has 0 saturated heterocycles. The molecule has 0 fully saturated rings. The molecule has 0 aliphatic carbocycles. The number of nitrogens with zero attached hydrogens (tertiary/aromatic N) is 2. The Balaban J connectivity index is 1.95. The Morgan fingerprint density at radius 3 is 2.14 bits per heavy atom. The zero-order valence-corrected chi connectivity index (χ0v) is 16.0. The summed E-state index contributed by atoms with van der Waals surface area (Å²) in [6.45, 7) is 1.71. The Labute approximate surface area is 169 Å². The van der Waals surface area contributed by atoms with E-state index in [1.165, 1.54) is 0 Å². The number of aromatic amines is 1. The minimum atomic E-state index is -4.61. The molecule has 1 aromatic heterocycles. The highest BCUT2D eigenvalue weighted by molar-refractivity contribution is 6.31. The van der Waals surface area contributed by atoms with Crippen LogP contribution in [0.5, 0.6) is 0 Å². The number of hydrazone groups is 1. The third kappa shape index (κ3) is 4.99. The number of anilines is 1. The molecule has 0 atom stereocenters. The summed E-state index contributed by atoms with van der Waals surface area (Å²) in [6.07, 6.45) is -4.61. The van der Waals surface area contributed by atoms with Gasteiger partial charge in [0.1, 0.15) is 5.69 Å². The second kappa shape index (κ2) is 8.16. The van der Waals surface area contributed by atoms with E-state index in [4.69, 9.17) is 23.2 Å². The van der Waals surface area contributed by atoms with E-state index in [1.807, 2.05) is 0 Å². The molecule has 2 N–H and O–H groups in total. The van der Waals surface area contributed by atoms with E-state index in [-0.39, 0.29) is 11.6 Å². The lowest BCUT2D eigenvalue weighted by Crippen LogP contribution is -2.20. The normalized spacial score (nSPS) is 12.1. The minimum Gasteiger partial charge on any atom is -0.240 e. The third-order valence-corrected chi connectivity index (χ3v) is 4.31. The highest BCUT2D eigenvalue weighted by atomic mass is 35.5. The van der Waals surface area contributed by atoms with Gasteiger partial charge in [0.2, 0.25) is 5.69 Å². The number of alkyl halides is 3. The van der Waals surface area contributed by atoms with Crippen LogP contribution in [0.15, 0.2) is 59.7 Å². The SMILES string of the molecule is CC(=NNc1nc(C(F)(F)F)cc(-c2ccc(Cl)cc2)[nH+]1)c1ccc(Cl)cc1. The van der Waals surface area contributed by atoms with Crippen LogP contribution in [-0.4, -0.2) is 10.7 Å². The van der Waals surface area contributed by atoms with Gasteiger partial charge in [-0.2, -0.15) is 18.6 Å². The summed E-state index contributed by atoms with van der Waals surface area (Å²) in [5, 5.41) is 5.16. The van der Waals surface area contributed by atoms with Crippen LogP contribution in [0.4, 0.5) is 19.1 Å². The molecule has 28 heavy (non-hydrogen) atoms. The molecule has 0 bridgehead atoms. The molecule has 0 radical (unpaired) electrons. The van der Waals surface area contributed by atoms with Gasteiger partial charge in [-0.15, -0.1) is 5.10 Å². The molecular weight excluding hydrogens is 412 g/mol. The van der Waals surface area contributed by atoms with Crippen molar-refractivity contribution in [1.29, 1.82) is 0 Å². The molecule has 0 aliphatic heterocycles. The minimum absolute atomic E-state index is 0.145. The van der Waals surface area contributed by atoms with Crippen molar-refractivity contribution < 1.29 is 18.2 Å². The molecule has 2 aromatic carbocycles. The van der Waals surface area contributed by atoms with Gasteiger partial charge in [0.25, 0.3) is 0 Å². The summed E-state index contributed by atoms with van der Waals surface area (Å²) in [6, 6.07) is 14.2. The molecule has 0 unspecified atom stereocenters. The van der Waals surface area contributed by atoms with Gasteiger partial charge in [0, 0.05) is 21.7 Å². The molecule has 144 valence electrons. The van der Waals surface area contributed by atoms with Crippen molar-refractivity contribution in [3.63, 3.8) is 0 Å². The molecule has 0 aliphatic rings. The maximum Gasteiger partial charge on any atom is 0.449 e. The van der Waals surface area contributed by atoms with E-state index < -0.39 is 11.9 Å². The maximum atomic E-state index is 13.3. The summed E-state index contributed by atoms with van der Waals surface area (Å²) in [5.74, 6) is -0.145. The zero-order chi connectivity index (χ0) is 20.3. The van der Waals surface area contributed by atoms with Crippen molar-refractivity contribution in [2.24, 2.45) is 5.10 Å². The van der Waals surface area contributed by atoms with Gasteiger partial charge in [-0.1, -0.05) is 40.3 Å². The standard InChI is InChI=1S/C19H13Cl2F3N4/c1-11(12-2-6-14(20)7-3-12)27-28-18-25-16(10-17(26-18)19(22,23)24)13-4-8-15(21)9-5-13/h2-10H,1H3,(H,25,26,28)/p+1. The first kappa shape index (κ1) is 20.1. The fourth-order valence-electron chi connectivity index (χ4n) is 2.36. The average Bonchev–Trinajstić information content (AvgIpc) is 2.66. The van der Waals surface area contributed by atoms with Crippen LogP contribution in [0, 0.1) is 0 Å². The second-order valence-electron chi connectivity index (χ2n) is 5.85. The van der Waals surface area contributed by atoms with Gasteiger partial charge in [-0.05, 0) is 48.9 Å². The number of hydrogen-bond acceptors (Lipinski definition) is 3. The topological polar surface area (TPSA) is 51.4 Å². The van der Waals surface area contributed by atoms with Crippen molar-refractivity contribution in [3.8, 4) is 11.3 Å². The molecular formula is C19H14Cl2F3N4+. The maximum absolute atomic E-state index is 13.3. The van der Waals surface area contributed by atoms with Gasteiger partial charge in [0.15, 0.2) is 0 Å². The molecule has 0 amide bonds. The predicted molar refractivity (Wildman–Crippen MR) is 104 cm³/mol. The van der Waals surface area contributed by atoms with Crippen molar-refractivity contribution in [2.75, 3.05) is 5.43 Å². The smallest absolute Gasteiger partial charge is 0.240 e. The van der Waals surface area contributed by atoms with Crippen LogP contribution in [-0.2, 0) is 6.18 Å².